The van der Waals surface area contributed by atoms with Crippen LogP contribution in [0.2, 0.25) is 0 Å². The number of ether oxygens (including phenoxy) is 6. The highest BCUT2D eigenvalue weighted by Crippen LogP contribution is 2.47. The van der Waals surface area contributed by atoms with Crippen LogP contribution in [0.25, 0.3) is 0 Å². The number of hydrogen-bond acceptors (Lipinski definition) is 7. The summed E-state index contributed by atoms with van der Waals surface area (Å²) in [5.41, 5.74) is 3.37. The fraction of sp³-hybridized carbons (Fsp3) is 0.385. The third kappa shape index (κ3) is 9.97. The maximum atomic E-state index is 10.9. The van der Waals surface area contributed by atoms with E-state index in [-0.39, 0.29) is 12.2 Å². The van der Waals surface area contributed by atoms with Crippen LogP contribution in [0.1, 0.15) is 56.9 Å². The van der Waals surface area contributed by atoms with Gasteiger partial charge in [-0.05, 0) is 205 Å². The van der Waals surface area contributed by atoms with Crippen molar-refractivity contribution in [2.24, 2.45) is 0 Å². The minimum atomic E-state index is -1.05. The van der Waals surface area contributed by atoms with Crippen molar-refractivity contribution in [1.29, 1.82) is 0 Å². The maximum absolute atomic E-state index is 10.9. The molecule has 4 aromatic carbocycles. The van der Waals surface area contributed by atoms with Crippen molar-refractivity contribution in [3.63, 3.8) is 0 Å². The summed E-state index contributed by atoms with van der Waals surface area (Å²) in [6.07, 6.45) is -1.73. The molecular formula is C39H36Br8O7. The fourth-order valence-electron chi connectivity index (χ4n) is 5.65. The van der Waals surface area contributed by atoms with Crippen LogP contribution < -0.4 is 18.9 Å². The van der Waals surface area contributed by atoms with Crippen LogP contribution in [-0.4, -0.2) is 56.1 Å². The SMILES string of the molecule is CC(O)C(Oc1c(Br)cc(C(C)(C)c2cc(Br)c(OCC3CO3)c(Br)c2)cc1Br)Oc1c(Br)cc(C(C)(C)c2cc(Br)c(OCC3CO3)c(Br)c2)cc1Br. The second-order valence-electron chi connectivity index (χ2n) is 14.2. The van der Waals surface area contributed by atoms with Crippen molar-refractivity contribution < 1.29 is 33.5 Å². The van der Waals surface area contributed by atoms with Crippen LogP contribution in [0, 0.1) is 0 Å². The predicted molar refractivity (Wildman–Crippen MR) is 239 cm³/mol. The van der Waals surface area contributed by atoms with Crippen LogP contribution in [0.3, 0.4) is 0 Å². The van der Waals surface area contributed by atoms with Crippen molar-refractivity contribution in [3.8, 4) is 23.0 Å². The molecular weight excluding hydrogens is 1220 g/mol. The average molecular weight is 1260 g/mol. The molecule has 2 aliphatic rings. The smallest absolute Gasteiger partial charge is 0.266 e. The molecule has 0 aliphatic carbocycles. The van der Waals surface area contributed by atoms with Crippen LogP contribution in [0.15, 0.2) is 84.3 Å². The molecule has 2 saturated heterocycles. The molecule has 3 unspecified atom stereocenters. The van der Waals surface area contributed by atoms with Crippen molar-refractivity contribution in [2.75, 3.05) is 26.4 Å². The Balaban J connectivity index is 1.21. The molecule has 2 aliphatic heterocycles. The highest BCUT2D eigenvalue weighted by atomic mass is 79.9. The van der Waals surface area contributed by atoms with Gasteiger partial charge in [-0.3, -0.25) is 0 Å². The van der Waals surface area contributed by atoms with Gasteiger partial charge in [0.2, 0.25) is 0 Å². The summed E-state index contributed by atoms with van der Waals surface area (Å²) in [5, 5.41) is 10.9. The molecule has 290 valence electrons. The first-order chi connectivity index (χ1) is 25.4. The number of benzene rings is 4. The van der Waals surface area contributed by atoms with Gasteiger partial charge in [0.15, 0.2) is 11.5 Å². The number of epoxide rings is 2. The van der Waals surface area contributed by atoms with Crippen LogP contribution in [0.5, 0.6) is 23.0 Å². The Labute approximate surface area is 382 Å². The first kappa shape index (κ1) is 43.4. The van der Waals surface area contributed by atoms with Gasteiger partial charge in [-0.25, -0.2) is 0 Å². The van der Waals surface area contributed by atoms with Gasteiger partial charge in [-0.15, -0.1) is 0 Å². The molecule has 0 saturated carbocycles. The Morgan fingerprint density at radius 1 is 0.537 bits per heavy atom. The highest BCUT2D eigenvalue weighted by Gasteiger charge is 2.32. The van der Waals surface area contributed by atoms with Crippen LogP contribution in [-0.2, 0) is 20.3 Å². The maximum Gasteiger partial charge on any atom is 0.266 e. The Morgan fingerprint density at radius 2 is 0.778 bits per heavy atom. The fourth-order valence-corrected chi connectivity index (χ4v) is 11.2. The zero-order valence-corrected chi connectivity index (χ0v) is 42.4. The van der Waals surface area contributed by atoms with Crippen LogP contribution >= 0.6 is 127 Å². The molecule has 1 N–H and O–H groups in total. The number of rotatable bonds is 15. The van der Waals surface area contributed by atoms with E-state index in [9.17, 15) is 5.11 Å². The number of aliphatic hydroxyl groups is 1. The van der Waals surface area contributed by atoms with E-state index in [0.717, 1.165) is 64.9 Å². The van der Waals surface area contributed by atoms with E-state index in [0.29, 0.717) is 42.6 Å². The quantitative estimate of drug-likeness (QED) is 0.0938. The summed E-state index contributed by atoms with van der Waals surface area (Å²) in [4.78, 5) is 0. The third-order valence-corrected chi connectivity index (χ3v) is 14.1. The van der Waals surface area contributed by atoms with E-state index in [4.69, 9.17) is 28.4 Å². The molecule has 0 bridgehead atoms. The van der Waals surface area contributed by atoms with Gasteiger partial charge in [0.25, 0.3) is 6.29 Å². The van der Waals surface area contributed by atoms with Gasteiger partial charge in [0.1, 0.15) is 43.0 Å². The summed E-state index contributed by atoms with van der Waals surface area (Å²) in [5.74, 6) is 2.48. The van der Waals surface area contributed by atoms with Gasteiger partial charge in [-0.2, -0.15) is 0 Å². The van der Waals surface area contributed by atoms with E-state index in [2.05, 4.69) is 179 Å². The first-order valence-electron chi connectivity index (χ1n) is 16.8. The molecule has 0 radical (unpaired) electrons. The van der Waals surface area contributed by atoms with Gasteiger partial charge in [0.05, 0.1) is 49.0 Å². The van der Waals surface area contributed by atoms with E-state index in [1.54, 1.807) is 6.92 Å². The summed E-state index contributed by atoms with van der Waals surface area (Å²) < 4.78 is 41.6. The van der Waals surface area contributed by atoms with Gasteiger partial charge >= 0.3 is 0 Å². The van der Waals surface area contributed by atoms with Gasteiger partial charge in [0, 0.05) is 10.8 Å². The topological polar surface area (TPSA) is 82.2 Å². The van der Waals surface area contributed by atoms with E-state index >= 15 is 0 Å². The Kier molecular flexibility index (Phi) is 14.1. The summed E-state index contributed by atoms with van der Waals surface area (Å²) in [7, 11) is 0. The lowest BCUT2D eigenvalue weighted by atomic mass is 9.78. The minimum absolute atomic E-state index is 0.157. The van der Waals surface area contributed by atoms with Crippen molar-refractivity contribution in [2.45, 2.75) is 70.1 Å². The molecule has 6 rings (SSSR count). The van der Waals surface area contributed by atoms with E-state index in [1.165, 1.54) is 0 Å². The van der Waals surface area contributed by atoms with Crippen molar-refractivity contribution in [3.05, 3.63) is 107 Å². The van der Waals surface area contributed by atoms with Crippen LogP contribution in [0.4, 0.5) is 0 Å². The predicted octanol–water partition coefficient (Wildman–Crippen LogP) is 13.2. The zero-order chi connectivity index (χ0) is 39.3. The third-order valence-electron chi connectivity index (χ3n) is 9.37. The summed E-state index contributed by atoms with van der Waals surface area (Å²) in [6, 6.07) is 16.4. The monoisotopic (exact) mass is 1250 g/mol. The largest absolute Gasteiger partial charge is 0.488 e. The lowest BCUT2D eigenvalue weighted by molar-refractivity contribution is -0.0792. The number of aliphatic hydroxyl groups excluding tert-OH is 1. The lowest BCUT2D eigenvalue weighted by Gasteiger charge is -2.30. The second kappa shape index (κ2) is 17.6. The summed E-state index contributed by atoms with van der Waals surface area (Å²) >= 11 is 29.8. The molecule has 7 nitrogen and oxygen atoms in total. The molecule has 54 heavy (non-hydrogen) atoms. The Bertz CT molecular complexity index is 1810. The molecule has 4 aromatic rings. The minimum Gasteiger partial charge on any atom is -0.488 e. The first-order valence-corrected chi connectivity index (χ1v) is 23.2. The lowest BCUT2D eigenvalue weighted by Crippen LogP contribution is -2.35. The molecule has 0 aromatic heterocycles. The molecule has 15 heteroatoms. The molecule has 0 amide bonds. The Hall–Kier alpha value is -0.200. The van der Waals surface area contributed by atoms with Crippen molar-refractivity contribution in [1.82, 2.24) is 0 Å². The normalized spacial score (nSPS) is 17.9. The Morgan fingerprint density at radius 3 is 1.00 bits per heavy atom. The zero-order valence-electron chi connectivity index (χ0n) is 29.7. The highest BCUT2D eigenvalue weighted by molar-refractivity contribution is 9.12. The standard InChI is InChI=1S/C39H36Br8O7/c1-18(48)37(53-35-29(44)10-21(11-30(35)45)38(2,3)19-6-25(40)33(26(41)7-19)51-16-23-14-49-23)54-36-31(46)12-22(13-32(36)47)39(4,5)20-8-27(42)34(28(43)9-20)52-17-24-15-50-24/h6-13,18,23-24,37,48H,14-17H2,1-5H3. The number of hydrogen-bond donors (Lipinski definition) is 1. The summed E-state index contributed by atoms with van der Waals surface area (Å²) in [6.45, 7) is 12.7. The molecule has 3 atom stereocenters. The molecule has 2 fully saturated rings. The number of halogens is 8. The molecule has 2 heterocycles. The average Bonchev–Trinajstić information content (AvgIpc) is 4.02. The van der Waals surface area contributed by atoms with Gasteiger partial charge in [-0.1, -0.05) is 27.7 Å². The molecule has 0 spiro atoms. The second-order valence-corrected chi connectivity index (χ2v) is 21.0. The van der Waals surface area contributed by atoms with Gasteiger partial charge < -0.3 is 33.5 Å². The van der Waals surface area contributed by atoms with E-state index in [1.807, 2.05) is 24.3 Å². The van der Waals surface area contributed by atoms with Crippen molar-refractivity contribution >= 4 is 127 Å². The van der Waals surface area contributed by atoms with E-state index < -0.39 is 23.2 Å².